The number of anilines is 1. The zero-order chi connectivity index (χ0) is 13.8. The molecule has 0 atom stereocenters. The SMILES string of the molecule is CCc1cc(Br)ccc1NC(=O)CN1CCCC1=O. The Morgan fingerprint density at radius 2 is 2.26 bits per heavy atom. The highest BCUT2D eigenvalue weighted by molar-refractivity contribution is 9.10. The van der Waals surface area contributed by atoms with E-state index in [9.17, 15) is 9.59 Å². The number of likely N-dealkylation sites (tertiary alicyclic amines) is 1. The van der Waals surface area contributed by atoms with Crippen molar-refractivity contribution in [3.05, 3.63) is 28.2 Å². The Labute approximate surface area is 121 Å². The lowest BCUT2D eigenvalue weighted by atomic mass is 10.1. The number of amides is 2. The van der Waals surface area contributed by atoms with Crippen LogP contribution in [0.3, 0.4) is 0 Å². The van der Waals surface area contributed by atoms with Crippen molar-refractivity contribution in [2.24, 2.45) is 0 Å². The van der Waals surface area contributed by atoms with E-state index in [0.717, 1.165) is 28.6 Å². The second-order valence-corrected chi connectivity index (χ2v) is 5.54. The highest BCUT2D eigenvalue weighted by Crippen LogP contribution is 2.21. The second kappa shape index (κ2) is 6.19. The summed E-state index contributed by atoms with van der Waals surface area (Å²) in [4.78, 5) is 25.0. The molecule has 1 aliphatic heterocycles. The molecule has 1 fully saturated rings. The van der Waals surface area contributed by atoms with Crippen LogP contribution in [0.15, 0.2) is 22.7 Å². The first-order chi connectivity index (χ1) is 9.10. The average Bonchev–Trinajstić information content (AvgIpc) is 2.77. The molecule has 1 aromatic rings. The Morgan fingerprint density at radius 3 is 2.89 bits per heavy atom. The van der Waals surface area contributed by atoms with Crippen molar-refractivity contribution in [3.63, 3.8) is 0 Å². The molecule has 0 unspecified atom stereocenters. The maximum absolute atomic E-state index is 12.0. The quantitative estimate of drug-likeness (QED) is 0.925. The number of carbonyl (C=O) groups excluding carboxylic acids is 2. The molecule has 0 saturated carbocycles. The normalized spacial score (nSPS) is 14.8. The van der Waals surface area contributed by atoms with Gasteiger partial charge in [0.2, 0.25) is 11.8 Å². The lowest BCUT2D eigenvalue weighted by molar-refractivity contribution is -0.131. The molecule has 0 aromatic heterocycles. The number of rotatable bonds is 4. The van der Waals surface area contributed by atoms with Crippen LogP contribution in [-0.4, -0.2) is 29.8 Å². The Morgan fingerprint density at radius 1 is 1.47 bits per heavy atom. The first-order valence-electron chi connectivity index (χ1n) is 6.46. The van der Waals surface area contributed by atoms with E-state index in [0.29, 0.717) is 13.0 Å². The topological polar surface area (TPSA) is 49.4 Å². The van der Waals surface area contributed by atoms with E-state index in [4.69, 9.17) is 0 Å². The van der Waals surface area contributed by atoms with Gasteiger partial charge in [0.05, 0.1) is 6.54 Å². The van der Waals surface area contributed by atoms with Crippen LogP contribution in [0, 0.1) is 0 Å². The molecule has 1 heterocycles. The maximum atomic E-state index is 12.0. The predicted octanol–water partition coefficient (Wildman–Crippen LogP) is 2.57. The summed E-state index contributed by atoms with van der Waals surface area (Å²) in [5.41, 5.74) is 1.90. The van der Waals surface area contributed by atoms with Crippen LogP contribution in [-0.2, 0) is 16.0 Å². The monoisotopic (exact) mass is 324 g/mol. The highest BCUT2D eigenvalue weighted by atomic mass is 79.9. The Kier molecular flexibility index (Phi) is 4.58. The lowest BCUT2D eigenvalue weighted by Crippen LogP contribution is -2.34. The van der Waals surface area contributed by atoms with Crippen LogP contribution >= 0.6 is 15.9 Å². The number of aryl methyl sites for hydroxylation is 1. The number of halogens is 1. The van der Waals surface area contributed by atoms with Crippen LogP contribution in [0.1, 0.15) is 25.3 Å². The molecule has 2 amide bonds. The van der Waals surface area contributed by atoms with Crippen molar-refractivity contribution in [1.29, 1.82) is 0 Å². The number of hydrogen-bond donors (Lipinski definition) is 1. The smallest absolute Gasteiger partial charge is 0.244 e. The fourth-order valence-electron chi connectivity index (χ4n) is 2.21. The summed E-state index contributed by atoms with van der Waals surface area (Å²) in [7, 11) is 0. The number of benzene rings is 1. The van der Waals surface area contributed by atoms with Crippen molar-refractivity contribution in [1.82, 2.24) is 4.90 Å². The highest BCUT2D eigenvalue weighted by Gasteiger charge is 2.22. The minimum Gasteiger partial charge on any atom is -0.333 e. The number of carbonyl (C=O) groups is 2. The number of nitrogens with one attached hydrogen (secondary N) is 1. The van der Waals surface area contributed by atoms with Crippen LogP contribution in [0.5, 0.6) is 0 Å². The minimum absolute atomic E-state index is 0.0710. The predicted molar refractivity (Wildman–Crippen MR) is 78.0 cm³/mol. The van der Waals surface area contributed by atoms with Gasteiger partial charge < -0.3 is 10.2 Å². The third-order valence-electron chi connectivity index (χ3n) is 3.23. The second-order valence-electron chi connectivity index (χ2n) is 4.62. The van der Waals surface area contributed by atoms with E-state index in [1.165, 1.54) is 0 Å². The standard InChI is InChI=1S/C14H17BrN2O2/c1-2-10-8-11(15)5-6-12(10)16-13(18)9-17-7-3-4-14(17)19/h5-6,8H,2-4,7,9H2,1H3,(H,16,18). The van der Waals surface area contributed by atoms with E-state index in [-0.39, 0.29) is 18.4 Å². The maximum Gasteiger partial charge on any atom is 0.244 e. The molecule has 1 saturated heterocycles. The summed E-state index contributed by atoms with van der Waals surface area (Å²) in [6.45, 7) is 2.88. The van der Waals surface area contributed by atoms with Gasteiger partial charge in [0.1, 0.15) is 0 Å². The van der Waals surface area contributed by atoms with E-state index in [1.807, 2.05) is 25.1 Å². The first kappa shape index (κ1) is 14.1. The van der Waals surface area contributed by atoms with Gasteiger partial charge in [-0.05, 0) is 36.6 Å². The molecule has 19 heavy (non-hydrogen) atoms. The number of nitrogens with zero attached hydrogens (tertiary/aromatic N) is 1. The Hall–Kier alpha value is -1.36. The molecule has 0 spiro atoms. The summed E-state index contributed by atoms with van der Waals surface area (Å²) in [6.07, 6.45) is 2.26. The van der Waals surface area contributed by atoms with Crippen molar-refractivity contribution in [3.8, 4) is 0 Å². The van der Waals surface area contributed by atoms with Gasteiger partial charge in [-0.2, -0.15) is 0 Å². The van der Waals surface area contributed by atoms with Gasteiger partial charge in [-0.1, -0.05) is 22.9 Å². The van der Waals surface area contributed by atoms with E-state index >= 15 is 0 Å². The summed E-state index contributed by atoms with van der Waals surface area (Å²) < 4.78 is 0.997. The third-order valence-corrected chi connectivity index (χ3v) is 3.72. The van der Waals surface area contributed by atoms with Crippen molar-refractivity contribution < 1.29 is 9.59 Å². The molecule has 0 bridgehead atoms. The lowest BCUT2D eigenvalue weighted by Gasteiger charge is -2.16. The zero-order valence-electron chi connectivity index (χ0n) is 10.9. The molecule has 1 aliphatic rings. The van der Waals surface area contributed by atoms with Gasteiger partial charge in [-0.3, -0.25) is 9.59 Å². The van der Waals surface area contributed by atoms with Gasteiger partial charge in [-0.25, -0.2) is 0 Å². The number of hydrogen-bond acceptors (Lipinski definition) is 2. The van der Waals surface area contributed by atoms with Crippen molar-refractivity contribution >= 4 is 33.4 Å². The molecule has 0 aliphatic carbocycles. The Balaban J connectivity index is 2.00. The molecule has 1 N–H and O–H groups in total. The van der Waals surface area contributed by atoms with Gasteiger partial charge in [0.25, 0.3) is 0 Å². The van der Waals surface area contributed by atoms with Crippen LogP contribution in [0.2, 0.25) is 0 Å². The van der Waals surface area contributed by atoms with Crippen LogP contribution in [0.25, 0.3) is 0 Å². The molecular weight excluding hydrogens is 308 g/mol. The largest absolute Gasteiger partial charge is 0.333 e. The van der Waals surface area contributed by atoms with E-state index in [1.54, 1.807) is 4.90 Å². The van der Waals surface area contributed by atoms with E-state index in [2.05, 4.69) is 21.2 Å². The molecule has 2 rings (SSSR count). The fourth-order valence-corrected chi connectivity index (χ4v) is 2.62. The molecule has 1 aromatic carbocycles. The minimum atomic E-state index is -0.132. The van der Waals surface area contributed by atoms with Gasteiger partial charge in [0, 0.05) is 23.1 Å². The first-order valence-corrected chi connectivity index (χ1v) is 7.25. The molecule has 5 heteroatoms. The third kappa shape index (κ3) is 3.56. The molecule has 102 valence electrons. The van der Waals surface area contributed by atoms with Gasteiger partial charge >= 0.3 is 0 Å². The van der Waals surface area contributed by atoms with Crippen molar-refractivity contribution in [2.45, 2.75) is 26.2 Å². The summed E-state index contributed by atoms with van der Waals surface area (Å²) >= 11 is 3.42. The van der Waals surface area contributed by atoms with Crippen LogP contribution < -0.4 is 5.32 Å². The van der Waals surface area contributed by atoms with Gasteiger partial charge in [0.15, 0.2) is 0 Å². The average molecular weight is 325 g/mol. The molecule has 0 radical (unpaired) electrons. The van der Waals surface area contributed by atoms with Crippen LogP contribution in [0.4, 0.5) is 5.69 Å². The summed E-state index contributed by atoms with van der Waals surface area (Å²) in [5, 5.41) is 2.88. The molecule has 4 nitrogen and oxygen atoms in total. The zero-order valence-corrected chi connectivity index (χ0v) is 12.5. The Bertz CT molecular complexity index is 502. The van der Waals surface area contributed by atoms with Gasteiger partial charge in [-0.15, -0.1) is 0 Å². The fraction of sp³-hybridized carbons (Fsp3) is 0.429. The van der Waals surface area contributed by atoms with E-state index < -0.39 is 0 Å². The molecular formula is C14H17BrN2O2. The summed E-state index contributed by atoms with van der Waals surface area (Å²) in [6, 6.07) is 5.78. The van der Waals surface area contributed by atoms with Crippen molar-refractivity contribution in [2.75, 3.05) is 18.4 Å². The summed E-state index contributed by atoms with van der Waals surface area (Å²) in [5.74, 6) is -0.0612.